The van der Waals surface area contributed by atoms with Crippen molar-refractivity contribution in [2.24, 2.45) is 0 Å². The summed E-state index contributed by atoms with van der Waals surface area (Å²) in [6, 6.07) is 0.775. The van der Waals surface area contributed by atoms with Gasteiger partial charge in [0.1, 0.15) is 0 Å². The molecule has 2 fully saturated rings. The predicted octanol–water partition coefficient (Wildman–Crippen LogP) is -0.00490. The molecule has 0 aromatic carbocycles. The van der Waals surface area contributed by atoms with Crippen LogP contribution in [0, 0.1) is 0 Å². The largest absolute Gasteiger partial charge is 0.350 e. The van der Waals surface area contributed by atoms with Crippen LogP contribution in [0.15, 0.2) is 0 Å². The van der Waals surface area contributed by atoms with Gasteiger partial charge in [0, 0.05) is 12.1 Å². The van der Waals surface area contributed by atoms with Gasteiger partial charge in [0.2, 0.25) is 5.91 Å². The Hall–Kier alpha value is -0.610. The van der Waals surface area contributed by atoms with Crippen molar-refractivity contribution in [1.29, 1.82) is 0 Å². The molecular formula is C11H21N3O. The summed E-state index contributed by atoms with van der Waals surface area (Å²) in [6.07, 6.45) is 4.37. The van der Waals surface area contributed by atoms with Gasteiger partial charge in [-0.1, -0.05) is 0 Å². The third kappa shape index (κ3) is 2.69. The van der Waals surface area contributed by atoms with Crippen molar-refractivity contribution in [2.75, 3.05) is 13.1 Å². The SMILES string of the molecule is CC1NCCCC1NC(=O)[C@@H]1CCCN1. The van der Waals surface area contributed by atoms with Crippen LogP contribution in [-0.4, -0.2) is 37.1 Å². The Bertz CT molecular complexity index is 226. The summed E-state index contributed by atoms with van der Waals surface area (Å²) in [7, 11) is 0. The zero-order chi connectivity index (χ0) is 10.7. The Morgan fingerprint density at radius 3 is 2.60 bits per heavy atom. The summed E-state index contributed by atoms with van der Waals surface area (Å²) in [5, 5.41) is 9.77. The summed E-state index contributed by atoms with van der Waals surface area (Å²) < 4.78 is 0. The number of amides is 1. The summed E-state index contributed by atoms with van der Waals surface area (Å²) in [6.45, 7) is 4.21. The summed E-state index contributed by atoms with van der Waals surface area (Å²) in [5.41, 5.74) is 0. The summed E-state index contributed by atoms with van der Waals surface area (Å²) >= 11 is 0. The van der Waals surface area contributed by atoms with E-state index in [-0.39, 0.29) is 11.9 Å². The molecular weight excluding hydrogens is 190 g/mol. The topological polar surface area (TPSA) is 53.2 Å². The van der Waals surface area contributed by atoms with Crippen LogP contribution in [0.25, 0.3) is 0 Å². The lowest BCUT2D eigenvalue weighted by Crippen LogP contribution is -2.55. The van der Waals surface area contributed by atoms with E-state index < -0.39 is 0 Å². The van der Waals surface area contributed by atoms with E-state index in [1.54, 1.807) is 0 Å². The van der Waals surface area contributed by atoms with Crippen molar-refractivity contribution >= 4 is 5.91 Å². The maximum atomic E-state index is 11.9. The highest BCUT2D eigenvalue weighted by atomic mass is 16.2. The fraction of sp³-hybridized carbons (Fsp3) is 0.909. The molecule has 2 aliphatic heterocycles. The lowest BCUT2D eigenvalue weighted by Gasteiger charge is -2.31. The number of hydrogen-bond acceptors (Lipinski definition) is 3. The molecule has 86 valence electrons. The number of rotatable bonds is 2. The monoisotopic (exact) mass is 211 g/mol. The van der Waals surface area contributed by atoms with Gasteiger partial charge in [0.15, 0.2) is 0 Å². The molecule has 0 aromatic heterocycles. The molecule has 4 nitrogen and oxygen atoms in total. The summed E-state index contributed by atoms with van der Waals surface area (Å²) in [5.74, 6) is 0.188. The van der Waals surface area contributed by atoms with Crippen LogP contribution in [0.2, 0.25) is 0 Å². The smallest absolute Gasteiger partial charge is 0.237 e. The quantitative estimate of drug-likeness (QED) is 0.602. The molecule has 3 N–H and O–H groups in total. The average molecular weight is 211 g/mol. The number of piperidine rings is 1. The second kappa shape index (κ2) is 4.94. The van der Waals surface area contributed by atoms with Crippen molar-refractivity contribution in [1.82, 2.24) is 16.0 Å². The minimum atomic E-state index is 0.0547. The van der Waals surface area contributed by atoms with Gasteiger partial charge in [0.05, 0.1) is 6.04 Å². The maximum Gasteiger partial charge on any atom is 0.237 e. The van der Waals surface area contributed by atoms with E-state index in [2.05, 4.69) is 22.9 Å². The molecule has 1 amide bonds. The second-order valence-corrected chi connectivity index (χ2v) is 4.65. The van der Waals surface area contributed by atoms with E-state index in [0.29, 0.717) is 12.1 Å². The molecule has 2 unspecified atom stereocenters. The van der Waals surface area contributed by atoms with Crippen LogP contribution in [-0.2, 0) is 4.79 Å². The van der Waals surface area contributed by atoms with Crippen molar-refractivity contribution in [2.45, 2.75) is 50.7 Å². The van der Waals surface area contributed by atoms with Gasteiger partial charge in [-0.25, -0.2) is 0 Å². The normalized spacial score (nSPS) is 36.5. The fourth-order valence-corrected chi connectivity index (χ4v) is 2.43. The Morgan fingerprint density at radius 1 is 1.20 bits per heavy atom. The van der Waals surface area contributed by atoms with Crippen LogP contribution >= 0.6 is 0 Å². The first-order valence-electron chi connectivity index (χ1n) is 6.04. The van der Waals surface area contributed by atoms with Crippen molar-refractivity contribution < 1.29 is 4.79 Å². The van der Waals surface area contributed by atoms with Gasteiger partial charge in [-0.2, -0.15) is 0 Å². The first-order chi connectivity index (χ1) is 7.27. The minimum absolute atomic E-state index is 0.0547. The van der Waals surface area contributed by atoms with Crippen LogP contribution < -0.4 is 16.0 Å². The molecule has 2 saturated heterocycles. The van der Waals surface area contributed by atoms with Gasteiger partial charge < -0.3 is 16.0 Å². The maximum absolute atomic E-state index is 11.9. The standard InChI is InChI=1S/C11H21N3O/c1-8-9(4-2-6-12-8)14-11(15)10-5-3-7-13-10/h8-10,12-13H,2-7H2,1H3,(H,14,15)/t8?,9?,10-/m0/s1. The molecule has 2 aliphatic rings. The molecule has 0 bridgehead atoms. The number of carbonyl (C=O) groups is 1. The highest BCUT2D eigenvalue weighted by molar-refractivity contribution is 5.82. The van der Waals surface area contributed by atoms with Gasteiger partial charge in [-0.3, -0.25) is 4.79 Å². The molecule has 4 heteroatoms. The predicted molar refractivity (Wildman–Crippen MR) is 59.7 cm³/mol. The zero-order valence-corrected chi connectivity index (χ0v) is 9.38. The molecule has 0 spiro atoms. The van der Waals surface area contributed by atoms with Gasteiger partial charge in [-0.15, -0.1) is 0 Å². The van der Waals surface area contributed by atoms with Crippen LogP contribution in [0.4, 0.5) is 0 Å². The number of hydrogen-bond donors (Lipinski definition) is 3. The highest BCUT2D eigenvalue weighted by Gasteiger charge is 2.27. The molecule has 0 radical (unpaired) electrons. The number of nitrogens with one attached hydrogen (secondary N) is 3. The van der Waals surface area contributed by atoms with E-state index in [0.717, 1.165) is 38.8 Å². The van der Waals surface area contributed by atoms with Crippen LogP contribution in [0.3, 0.4) is 0 Å². The lowest BCUT2D eigenvalue weighted by molar-refractivity contribution is -0.123. The second-order valence-electron chi connectivity index (χ2n) is 4.65. The van der Waals surface area contributed by atoms with E-state index >= 15 is 0 Å². The molecule has 0 aromatic rings. The van der Waals surface area contributed by atoms with E-state index in [1.165, 1.54) is 0 Å². The first-order valence-corrected chi connectivity index (χ1v) is 6.04. The van der Waals surface area contributed by atoms with Crippen molar-refractivity contribution in [3.05, 3.63) is 0 Å². The average Bonchev–Trinajstić information content (AvgIpc) is 2.74. The third-order valence-corrected chi connectivity index (χ3v) is 3.47. The Kier molecular flexibility index (Phi) is 3.59. The minimum Gasteiger partial charge on any atom is -0.350 e. The molecule has 3 atom stereocenters. The highest BCUT2D eigenvalue weighted by Crippen LogP contribution is 2.10. The van der Waals surface area contributed by atoms with Gasteiger partial charge >= 0.3 is 0 Å². The Morgan fingerprint density at radius 2 is 1.93 bits per heavy atom. The first kappa shape index (κ1) is 10.9. The van der Waals surface area contributed by atoms with E-state index in [4.69, 9.17) is 0 Å². The fourth-order valence-electron chi connectivity index (χ4n) is 2.43. The molecule has 2 heterocycles. The molecule has 0 aliphatic carbocycles. The van der Waals surface area contributed by atoms with E-state index in [1.807, 2.05) is 0 Å². The van der Waals surface area contributed by atoms with Crippen LogP contribution in [0.5, 0.6) is 0 Å². The van der Waals surface area contributed by atoms with Crippen LogP contribution in [0.1, 0.15) is 32.6 Å². The van der Waals surface area contributed by atoms with E-state index in [9.17, 15) is 4.79 Å². The van der Waals surface area contributed by atoms with Gasteiger partial charge in [-0.05, 0) is 45.7 Å². The third-order valence-electron chi connectivity index (χ3n) is 3.47. The Balaban J connectivity index is 1.81. The Labute approximate surface area is 91.2 Å². The van der Waals surface area contributed by atoms with Gasteiger partial charge in [0.25, 0.3) is 0 Å². The molecule has 0 saturated carbocycles. The number of carbonyl (C=O) groups excluding carboxylic acids is 1. The lowest BCUT2D eigenvalue weighted by atomic mass is 9.99. The molecule has 2 rings (SSSR count). The van der Waals surface area contributed by atoms with Crippen molar-refractivity contribution in [3.63, 3.8) is 0 Å². The summed E-state index contributed by atoms with van der Waals surface area (Å²) in [4.78, 5) is 11.9. The van der Waals surface area contributed by atoms with Crippen molar-refractivity contribution in [3.8, 4) is 0 Å². The molecule has 15 heavy (non-hydrogen) atoms. The zero-order valence-electron chi connectivity index (χ0n) is 9.38.